The molecular weight excluding hydrogens is 430 g/mol. The minimum Gasteiger partial charge on any atom is -0.493 e. The zero-order valence-corrected chi connectivity index (χ0v) is 19.4. The highest BCUT2D eigenvalue weighted by atomic mass is 19.1. The van der Waals surface area contributed by atoms with Crippen molar-refractivity contribution in [1.29, 1.82) is 0 Å². The van der Waals surface area contributed by atoms with Crippen molar-refractivity contribution in [2.24, 2.45) is 0 Å². The monoisotopic (exact) mass is 460 g/mol. The van der Waals surface area contributed by atoms with Gasteiger partial charge in [-0.25, -0.2) is 8.78 Å². The fraction of sp³-hybridized carbons (Fsp3) is 0.400. The van der Waals surface area contributed by atoms with Crippen molar-refractivity contribution in [3.8, 4) is 17.2 Å². The van der Waals surface area contributed by atoms with E-state index in [0.29, 0.717) is 35.9 Å². The van der Waals surface area contributed by atoms with E-state index in [1.807, 2.05) is 6.92 Å². The van der Waals surface area contributed by atoms with E-state index in [2.05, 4.69) is 5.32 Å². The molecule has 33 heavy (non-hydrogen) atoms. The van der Waals surface area contributed by atoms with Gasteiger partial charge in [-0.05, 0) is 50.6 Å². The number of ether oxygens (including phenoxy) is 3. The lowest BCUT2D eigenvalue weighted by atomic mass is 10.0. The Labute approximate surface area is 193 Å². The number of piperidine rings is 1. The van der Waals surface area contributed by atoms with E-state index in [-0.39, 0.29) is 17.5 Å². The number of methoxy groups -OCH3 is 3. The number of amides is 1. The normalized spacial score (nSPS) is 16.3. The summed E-state index contributed by atoms with van der Waals surface area (Å²) in [7, 11) is 4.50. The Hall–Kier alpha value is -3.13. The molecule has 1 aliphatic rings. The van der Waals surface area contributed by atoms with Crippen LogP contribution in [0.2, 0.25) is 0 Å². The number of hydrogen-bond acceptors (Lipinski definition) is 5. The van der Waals surface area contributed by atoms with Crippen molar-refractivity contribution < 1.29 is 27.8 Å². The predicted octanol–water partition coefficient (Wildman–Crippen LogP) is 4.29. The first kappa shape index (κ1) is 24.5. The third-order valence-electron chi connectivity index (χ3n) is 5.67. The highest BCUT2D eigenvalue weighted by Crippen LogP contribution is 2.38. The molecule has 8 heteroatoms. The Morgan fingerprint density at radius 2 is 1.82 bits per heavy atom. The molecule has 1 saturated heterocycles. The minimum atomic E-state index is -0.642. The maximum absolute atomic E-state index is 14.1. The lowest BCUT2D eigenvalue weighted by Gasteiger charge is -2.35. The van der Waals surface area contributed by atoms with Gasteiger partial charge in [0.2, 0.25) is 5.75 Å². The lowest BCUT2D eigenvalue weighted by Crippen LogP contribution is -2.49. The summed E-state index contributed by atoms with van der Waals surface area (Å²) in [5.41, 5.74) is 1.44. The first-order valence-corrected chi connectivity index (χ1v) is 10.8. The molecule has 1 amide bonds. The molecule has 0 saturated carbocycles. The van der Waals surface area contributed by atoms with Crippen LogP contribution in [0.25, 0.3) is 6.08 Å². The molecule has 1 N–H and O–H groups in total. The van der Waals surface area contributed by atoms with E-state index in [4.69, 9.17) is 14.2 Å². The molecule has 0 spiro atoms. The fourth-order valence-electron chi connectivity index (χ4n) is 4.03. The van der Waals surface area contributed by atoms with Crippen LogP contribution in [0.5, 0.6) is 17.2 Å². The summed E-state index contributed by atoms with van der Waals surface area (Å²) in [4.78, 5) is 15.5. The molecule has 1 heterocycles. The molecule has 0 bridgehead atoms. The average Bonchev–Trinajstić information content (AvgIpc) is 2.83. The molecular formula is C25H30F2N2O4. The van der Waals surface area contributed by atoms with Crippen molar-refractivity contribution in [2.45, 2.75) is 25.8 Å². The Morgan fingerprint density at radius 1 is 1.12 bits per heavy atom. The fourth-order valence-corrected chi connectivity index (χ4v) is 4.03. The van der Waals surface area contributed by atoms with Gasteiger partial charge in [-0.3, -0.25) is 4.79 Å². The van der Waals surface area contributed by atoms with Crippen molar-refractivity contribution >= 4 is 12.0 Å². The maximum Gasteiger partial charge on any atom is 0.254 e. The summed E-state index contributed by atoms with van der Waals surface area (Å²) in [5.74, 6) is -0.281. The molecule has 1 aliphatic heterocycles. The van der Waals surface area contributed by atoms with Crippen molar-refractivity contribution in [2.75, 3.05) is 41.0 Å². The van der Waals surface area contributed by atoms with E-state index >= 15 is 0 Å². The topological polar surface area (TPSA) is 60.0 Å². The number of rotatable bonds is 8. The average molecular weight is 461 g/mol. The first-order chi connectivity index (χ1) is 15.9. The molecule has 2 aromatic rings. The van der Waals surface area contributed by atoms with Gasteiger partial charge >= 0.3 is 0 Å². The Morgan fingerprint density at radius 3 is 2.36 bits per heavy atom. The smallest absolute Gasteiger partial charge is 0.254 e. The third kappa shape index (κ3) is 5.82. The quantitative estimate of drug-likeness (QED) is 0.637. The molecule has 1 fully saturated rings. The second kappa shape index (κ2) is 11.1. The Balaban J connectivity index is 1.95. The van der Waals surface area contributed by atoms with E-state index in [1.165, 1.54) is 33.5 Å². The summed E-state index contributed by atoms with van der Waals surface area (Å²) < 4.78 is 43.6. The highest BCUT2D eigenvalue weighted by Gasteiger charge is 2.28. The summed E-state index contributed by atoms with van der Waals surface area (Å²) >= 11 is 0. The Bertz CT molecular complexity index is 994. The standard InChI is InChI=1S/C25H30F2N2O4/c1-16(10-17-7-8-19(26)13-21(17)27)15-29(20-6-5-9-28-14-20)25(30)18-11-22(31-2)24(33-4)23(12-18)32-3/h7-8,10-13,20,28H,5-6,9,14-15H2,1-4H3. The largest absolute Gasteiger partial charge is 0.493 e. The van der Waals surface area contributed by atoms with E-state index in [0.717, 1.165) is 31.0 Å². The van der Waals surface area contributed by atoms with E-state index in [9.17, 15) is 13.6 Å². The summed E-state index contributed by atoms with van der Waals surface area (Å²) in [5, 5.41) is 3.34. The number of hydrogen-bond donors (Lipinski definition) is 1. The van der Waals surface area contributed by atoms with E-state index < -0.39 is 11.6 Å². The molecule has 1 atom stereocenters. The zero-order valence-electron chi connectivity index (χ0n) is 19.4. The summed E-state index contributed by atoms with van der Waals surface area (Å²) in [6.07, 6.45) is 3.43. The third-order valence-corrected chi connectivity index (χ3v) is 5.67. The van der Waals surface area contributed by atoms with Gasteiger partial charge in [0.1, 0.15) is 11.6 Å². The van der Waals surface area contributed by atoms with Gasteiger partial charge < -0.3 is 24.4 Å². The van der Waals surface area contributed by atoms with Crippen LogP contribution < -0.4 is 19.5 Å². The molecule has 3 rings (SSSR count). The van der Waals surface area contributed by atoms with E-state index in [1.54, 1.807) is 23.1 Å². The van der Waals surface area contributed by atoms with Gasteiger partial charge in [0, 0.05) is 36.3 Å². The SMILES string of the molecule is COc1cc(C(=O)N(CC(C)=Cc2ccc(F)cc2F)C2CCCNC2)cc(OC)c1OC. The molecule has 0 radical (unpaired) electrons. The number of carbonyl (C=O) groups is 1. The number of halogens is 2. The van der Waals surface area contributed by atoms with Gasteiger partial charge in [0.15, 0.2) is 11.5 Å². The van der Waals surface area contributed by atoms with Gasteiger partial charge in [-0.15, -0.1) is 0 Å². The molecule has 178 valence electrons. The molecule has 0 aromatic heterocycles. The van der Waals surface area contributed by atoms with Gasteiger partial charge in [-0.1, -0.05) is 11.6 Å². The second-order valence-electron chi connectivity index (χ2n) is 8.00. The van der Waals surface area contributed by atoms with Crippen LogP contribution >= 0.6 is 0 Å². The predicted molar refractivity (Wildman–Crippen MR) is 123 cm³/mol. The minimum absolute atomic E-state index is 0.0354. The second-order valence-corrected chi connectivity index (χ2v) is 8.00. The lowest BCUT2D eigenvalue weighted by molar-refractivity contribution is 0.0670. The van der Waals surface area contributed by atoms with Crippen molar-refractivity contribution in [3.05, 3.63) is 58.7 Å². The van der Waals surface area contributed by atoms with Gasteiger partial charge in [-0.2, -0.15) is 0 Å². The van der Waals surface area contributed by atoms with Crippen LogP contribution in [-0.4, -0.2) is 57.8 Å². The number of carbonyl (C=O) groups excluding carboxylic acids is 1. The van der Waals surface area contributed by atoms with Crippen molar-refractivity contribution in [1.82, 2.24) is 10.2 Å². The van der Waals surface area contributed by atoms with Crippen LogP contribution in [0.4, 0.5) is 8.78 Å². The molecule has 0 aliphatic carbocycles. The number of benzene rings is 2. The first-order valence-electron chi connectivity index (χ1n) is 10.8. The molecule has 2 aromatic carbocycles. The highest BCUT2D eigenvalue weighted by molar-refractivity contribution is 5.96. The molecule has 6 nitrogen and oxygen atoms in total. The number of nitrogens with one attached hydrogen (secondary N) is 1. The van der Waals surface area contributed by atoms with Gasteiger partial charge in [0.05, 0.1) is 21.3 Å². The number of nitrogens with zero attached hydrogens (tertiary/aromatic N) is 1. The van der Waals surface area contributed by atoms with Crippen LogP contribution in [0.1, 0.15) is 35.7 Å². The Kier molecular flexibility index (Phi) is 8.27. The molecule has 1 unspecified atom stereocenters. The maximum atomic E-state index is 14.1. The zero-order chi connectivity index (χ0) is 24.0. The summed E-state index contributed by atoms with van der Waals surface area (Å²) in [6, 6.07) is 6.68. The van der Waals surface area contributed by atoms with Gasteiger partial charge in [0.25, 0.3) is 5.91 Å². The summed E-state index contributed by atoms with van der Waals surface area (Å²) in [6.45, 7) is 3.68. The van der Waals surface area contributed by atoms with Crippen LogP contribution in [0.3, 0.4) is 0 Å². The van der Waals surface area contributed by atoms with Crippen molar-refractivity contribution in [3.63, 3.8) is 0 Å². The van der Waals surface area contributed by atoms with Crippen LogP contribution in [-0.2, 0) is 0 Å². The van der Waals surface area contributed by atoms with Crippen LogP contribution in [0, 0.1) is 11.6 Å². The van der Waals surface area contributed by atoms with Crippen LogP contribution in [0.15, 0.2) is 35.9 Å².